The van der Waals surface area contributed by atoms with Gasteiger partial charge in [0.05, 0.1) is 5.56 Å². The molecule has 4 rings (SSSR count). The van der Waals surface area contributed by atoms with Crippen LogP contribution >= 0.6 is 11.3 Å². The molecule has 2 aromatic heterocycles. The van der Waals surface area contributed by atoms with E-state index in [0.29, 0.717) is 43.2 Å². The molecule has 1 atom stereocenters. The van der Waals surface area contributed by atoms with Crippen molar-refractivity contribution in [3.05, 3.63) is 39.2 Å². The number of furan rings is 1. The lowest BCUT2D eigenvalue weighted by atomic mass is 10.2. The standard InChI is InChI=1S/C19H23N3O4S/c1-12-10-14(13(2)26-12)18(23)21-5-7-22(8-6-21)19(24)15-11-27-17(20-15)16-4-3-9-25-16/h10-11,16H,3-9H2,1-2H3. The summed E-state index contributed by atoms with van der Waals surface area (Å²) in [5, 5.41) is 2.70. The average molecular weight is 389 g/mol. The summed E-state index contributed by atoms with van der Waals surface area (Å²) >= 11 is 1.49. The van der Waals surface area contributed by atoms with Gasteiger partial charge >= 0.3 is 0 Å². The number of hydrogen-bond donors (Lipinski definition) is 0. The van der Waals surface area contributed by atoms with Gasteiger partial charge in [-0.3, -0.25) is 9.59 Å². The van der Waals surface area contributed by atoms with Crippen molar-refractivity contribution in [3.63, 3.8) is 0 Å². The van der Waals surface area contributed by atoms with Crippen LogP contribution in [0.4, 0.5) is 0 Å². The zero-order chi connectivity index (χ0) is 19.0. The Bertz CT molecular complexity index is 845. The van der Waals surface area contributed by atoms with E-state index < -0.39 is 0 Å². The van der Waals surface area contributed by atoms with Crippen molar-refractivity contribution in [1.29, 1.82) is 0 Å². The molecule has 0 aliphatic carbocycles. The van der Waals surface area contributed by atoms with Crippen LogP contribution in [0.1, 0.15) is 56.3 Å². The van der Waals surface area contributed by atoms with Crippen molar-refractivity contribution in [3.8, 4) is 0 Å². The monoisotopic (exact) mass is 389 g/mol. The number of nitrogens with zero attached hydrogens (tertiary/aromatic N) is 3. The second-order valence-electron chi connectivity index (χ2n) is 6.98. The second-order valence-corrected chi connectivity index (χ2v) is 7.87. The molecular weight excluding hydrogens is 366 g/mol. The number of amides is 2. The van der Waals surface area contributed by atoms with Crippen LogP contribution in [0.15, 0.2) is 15.9 Å². The van der Waals surface area contributed by atoms with E-state index in [1.54, 1.807) is 22.8 Å². The Kier molecular flexibility index (Phi) is 5.01. The first-order valence-corrected chi connectivity index (χ1v) is 10.1. The van der Waals surface area contributed by atoms with Gasteiger partial charge in [-0.2, -0.15) is 0 Å². The Labute approximate surface area is 161 Å². The van der Waals surface area contributed by atoms with Gasteiger partial charge in [0, 0.05) is 38.2 Å². The number of hydrogen-bond acceptors (Lipinski definition) is 6. The Morgan fingerprint density at radius 1 is 1.15 bits per heavy atom. The summed E-state index contributed by atoms with van der Waals surface area (Å²) in [4.78, 5) is 33.5. The van der Waals surface area contributed by atoms with Gasteiger partial charge in [-0.25, -0.2) is 4.98 Å². The number of piperazine rings is 1. The molecule has 8 heteroatoms. The normalized spacial score (nSPS) is 20.3. The van der Waals surface area contributed by atoms with Crippen LogP contribution in [0.5, 0.6) is 0 Å². The Hall–Kier alpha value is -2.19. The largest absolute Gasteiger partial charge is 0.466 e. The second kappa shape index (κ2) is 7.44. The molecule has 2 aliphatic rings. The van der Waals surface area contributed by atoms with Gasteiger partial charge in [-0.1, -0.05) is 0 Å². The fraction of sp³-hybridized carbons (Fsp3) is 0.526. The third-order valence-corrected chi connectivity index (χ3v) is 6.01. The molecule has 27 heavy (non-hydrogen) atoms. The van der Waals surface area contributed by atoms with E-state index in [4.69, 9.17) is 9.15 Å². The summed E-state index contributed by atoms with van der Waals surface area (Å²) in [6.07, 6.45) is 2.04. The van der Waals surface area contributed by atoms with Crippen LogP contribution in [0.2, 0.25) is 0 Å². The number of rotatable bonds is 3. The molecule has 0 N–H and O–H groups in total. The lowest BCUT2D eigenvalue weighted by Gasteiger charge is -2.34. The summed E-state index contributed by atoms with van der Waals surface area (Å²) in [7, 11) is 0. The van der Waals surface area contributed by atoms with Crippen molar-refractivity contribution >= 4 is 23.2 Å². The van der Waals surface area contributed by atoms with E-state index in [9.17, 15) is 9.59 Å². The molecule has 2 amide bonds. The minimum absolute atomic E-state index is 0.0349. The molecule has 0 radical (unpaired) electrons. The van der Waals surface area contributed by atoms with E-state index in [1.165, 1.54) is 11.3 Å². The molecular formula is C19H23N3O4S. The molecule has 0 spiro atoms. The van der Waals surface area contributed by atoms with Gasteiger partial charge in [-0.15, -0.1) is 11.3 Å². The van der Waals surface area contributed by atoms with E-state index in [2.05, 4.69) is 4.98 Å². The van der Waals surface area contributed by atoms with Gasteiger partial charge in [0.15, 0.2) is 0 Å². The number of aryl methyl sites for hydroxylation is 2. The van der Waals surface area contributed by atoms with Gasteiger partial charge in [0.2, 0.25) is 0 Å². The Balaban J connectivity index is 1.36. The summed E-state index contributed by atoms with van der Waals surface area (Å²) in [5.74, 6) is 1.26. The van der Waals surface area contributed by atoms with E-state index in [0.717, 1.165) is 30.2 Å². The van der Waals surface area contributed by atoms with Gasteiger partial charge in [-0.05, 0) is 32.8 Å². The number of carbonyl (C=O) groups is 2. The molecule has 2 aliphatic heterocycles. The summed E-state index contributed by atoms with van der Waals surface area (Å²) in [6.45, 7) is 6.43. The highest BCUT2D eigenvalue weighted by Gasteiger charge is 2.29. The first-order valence-electron chi connectivity index (χ1n) is 9.25. The fourth-order valence-corrected chi connectivity index (χ4v) is 4.47. The summed E-state index contributed by atoms with van der Waals surface area (Å²) < 4.78 is 11.1. The van der Waals surface area contributed by atoms with E-state index in [1.807, 2.05) is 12.3 Å². The van der Waals surface area contributed by atoms with Crippen LogP contribution in [-0.4, -0.2) is 59.4 Å². The Morgan fingerprint density at radius 2 is 1.85 bits per heavy atom. The maximum atomic E-state index is 12.7. The highest BCUT2D eigenvalue weighted by Crippen LogP contribution is 2.31. The number of thiazole rings is 1. The molecule has 0 bridgehead atoms. The number of carbonyl (C=O) groups excluding carboxylic acids is 2. The molecule has 0 saturated carbocycles. The van der Waals surface area contributed by atoms with Crippen LogP contribution in [0, 0.1) is 13.8 Å². The molecule has 2 aromatic rings. The molecule has 2 saturated heterocycles. The zero-order valence-electron chi connectivity index (χ0n) is 15.6. The topological polar surface area (TPSA) is 75.9 Å². The SMILES string of the molecule is Cc1cc(C(=O)N2CCN(C(=O)c3csc(C4CCCO4)n3)CC2)c(C)o1. The predicted molar refractivity (Wildman–Crippen MR) is 100 cm³/mol. The predicted octanol–water partition coefficient (Wildman–Crippen LogP) is 2.80. The van der Waals surface area contributed by atoms with E-state index >= 15 is 0 Å². The van der Waals surface area contributed by atoms with Gasteiger partial charge in [0.25, 0.3) is 11.8 Å². The molecule has 1 unspecified atom stereocenters. The number of aromatic nitrogens is 1. The molecule has 0 aromatic carbocycles. The highest BCUT2D eigenvalue weighted by molar-refractivity contribution is 7.09. The maximum Gasteiger partial charge on any atom is 0.273 e. The first-order chi connectivity index (χ1) is 13.0. The van der Waals surface area contributed by atoms with E-state index in [-0.39, 0.29) is 17.9 Å². The van der Waals surface area contributed by atoms with Crippen LogP contribution in [0.3, 0.4) is 0 Å². The summed E-state index contributed by atoms with van der Waals surface area (Å²) in [5.41, 5.74) is 1.08. The van der Waals surface area contributed by atoms with Crippen molar-refractivity contribution in [2.24, 2.45) is 0 Å². The zero-order valence-corrected chi connectivity index (χ0v) is 16.4. The third kappa shape index (κ3) is 3.64. The van der Waals surface area contributed by atoms with Crippen LogP contribution in [-0.2, 0) is 4.74 Å². The van der Waals surface area contributed by atoms with Crippen molar-refractivity contribution in [1.82, 2.24) is 14.8 Å². The quantitative estimate of drug-likeness (QED) is 0.807. The highest BCUT2D eigenvalue weighted by atomic mass is 32.1. The first kappa shape index (κ1) is 18.2. The lowest BCUT2D eigenvalue weighted by Crippen LogP contribution is -2.50. The van der Waals surface area contributed by atoms with Crippen LogP contribution < -0.4 is 0 Å². The van der Waals surface area contributed by atoms with Gasteiger partial charge in [0.1, 0.15) is 28.3 Å². The fourth-order valence-electron chi connectivity index (χ4n) is 3.59. The third-order valence-electron chi connectivity index (χ3n) is 5.07. The number of ether oxygens (including phenoxy) is 1. The minimum Gasteiger partial charge on any atom is -0.466 e. The summed E-state index contributed by atoms with van der Waals surface area (Å²) in [6, 6.07) is 1.77. The van der Waals surface area contributed by atoms with Crippen molar-refractivity contribution in [2.75, 3.05) is 32.8 Å². The smallest absolute Gasteiger partial charge is 0.273 e. The average Bonchev–Trinajstić information content (AvgIpc) is 3.41. The lowest BCUT2D eigenvalue weighted by molar-refractivity contribution is 0.0531. The van der Waals surface area contributed by atoms with Crippen LogP contribution in [0.25, 0.3) is 0 Å². The van der Waals surface area contributed by atoms with Gasteiger partial charge < -0.3 is 19.0 Å². The van der Waals surface area contributed by atoms with Crippen molar-refractivity contribution < 1.29 is 18.7 Å². The molecule has 144 valence electrons. The van der Waals surface area contributed by atoms with Crippen molar-refractivity contribution in [2.45, 2.75) is 32.8 Å². The minimum atomic E-state index is -0.0714. The maximum absolute atomic E-state index is 12.7. The molecule has 7 nitrogen and oxygen atoms in total. The molecule has 2 fully saturated rings. The Morgan fingerprint density at radius 3 is 2.44 bits per heavy atom. The molecule has 4 heterocycles.